The van der Waals surface area contributed by atoms with Gasteiger partial charge < -0.3 is 19.7 Å². The Labute approximate surface area is 254 Å². The number of aromatic nitrogens is 2. The minimum Gasteiger partial charge on any atom is -0.370 e. The van der Waals surface area contributed by atoms with E-state index in [1.54, 1.807) is 0 Å². The molecule has 41 heavy (non-hydrogen) atoms. The average molecular weight is 584 g/mol. The van der Waals surface area contributed by atoms with Gasteiger partial charge in [0.2, 0.25) is 0 Å². The molecule has 4 atom stereocenters. The Morgan fingerprint density at radius 2 is 1.63 bits per heavy atom. The first kappa shape index (κ1) is 27.8. The van der Waals surface area contributed by atoms with E-state index in [-0.39, 0.29) is 12.1 Å². The number of pyridine rings is 1. The molecule has 0 unspecified atom stereocenters. The van der Waals surface area contributed by atoms with Gasteiger partial charge in [-0.2, -0.15) is 0 Å². The van der Waals surface area contributed by atoms with Crippen molar-refractivity contribution in [1.29, 1.82) is 0 Å². The van der Waals surface area contributed by atoms with E-state index in [2.05, 4.69) is 109 Å². The summed E-state index contributed by atoms with van der Waals surface area (Å²) in [6, 6.07) is 23.1. The van der Waals surface area contributed by atoms with Gasteiger partial charge >= 0.3 is 0 Å². The van der Waals surface area contributed by atoms with Crippen LogP contribution < -0.4 is 15.1 Å². The lowest BCUT2D eigenvalue weighted by Crippen LogP contribution is -2.38. The first-order chi connectivity index (χ1) is 19.7. The quantitative estimate of drug-likeness (QED) is 0.240. The van der Waals surface area contributed by atoms with Gasteiger partial charge in [-0.3, -0.25) is 4.98 Å². The zero-order chi connectivity index (χ0) is 28.8. The van der Waals surface area contributed by atoms with Gasteiger partial charge in [0.25, 0.3) is 0 Å². The summed E-state index contributed by atoms with van der Waals surface area (Å²) >= 11 is 13.1. The summed E-state index contributed by atoms with van der Waals surface area (Å²) in [4.78, 5) is 9.42. The first-order valence-electron chi connectivity index (χ1n) is 14.5. The number of nitrogens with one attached hydrogen (secondary N) is 1. The molecule has 2 aliphatic heterocycles. The lowest BCUT2D eigenvalue weighted by molar-refractivity contribution is 0.357. The third-order valence-electron chi connectivity index (χ3n) is 8.66. The van der Waals surface area contributed by atoms with Gasteiger partial charge in [0.05, 0.1) is 28.5 Å². The second-order valence-electron chi connectivity index (χ2n) is 11.9. The molecular weight excluding hydrogens is 546 g/mol. The van der Waals surface area contributed by atoms with Gasteiger partial charge in [0.1, 0.15) is 0 Å². The molecule has 0 aliphatic carbocycles. The Balaban J connectivity index is 1.45. The molecule has 2 fully saturated rings. The van der Waals surface area contributed by atoms with E-state index in [0.717, 1.165) is 35.2 Å². The molecule has 0 bridgehead atoms. The number of anilines is 2. The predicted octanol–water partition coefficient (Wildman–Crippen LogP) is 8.11. The fourth-order valence-corrected chi connectivity index (χ4v) is 7.62. The molecule has 0 saturated carbocycles. The standard InChI is InChI=1S/C34H38ClN5S/c1-21-16-22(2)20-38(19-21)31-14-13-26(18-28(31)35)40-33(32(37-34(40)41)29-11-8-9-15-36-29)27-17-24(4)39(25(27)5)30-12-7-6-10-23(30)3/h6-15,17-18,21-22,32-33H,16,19-20H2,1-5H3,(H,37,41)/t21-,22+,32-,33-/m0/s1. The van der Waals surface area contributed by atoms with Crippen molar-refractivity contribution in [2.75, 3.05) is 22.9 Å². The molecule has 4 aromatic rings. The second kappa shape index (κ2) is 11.1. The number of halogens is 1. The van der Waals surface area contributed by atoms with Crippen LogP contribution in [0.25, 0.3) is 5.69 Å². The maximum absolute atomic E-state index is 7.04. The number of nitrogens with zero attached hydrogens (tertiary/aromatic N) is 4. The van der Waals surface area contributed by atoms with Crippen molar-refractivity contribution in [3.05, 3.63) is 106 Å². The Morgan fingerprint density at radius 3 is 2.32 bits per heavy atom. The molecule has 2 aliphatic rings. The van der Waals surface area contributed by atoms with Crippen LogP contribution in [0.1, 0.15) is 60.6 Å². The Bertz CT molecular complexity index is 1570. The molecule has 0 radical (unpaired) electrons. The number of thiocarbonyl (C=S) groups is 1. The molecular formula is C34H38ClN5S. The van der Waals surface area contributed by atoms with Crippen LogP contribution >= 0.6 is 23.8 Å². The molecule has 4 heterocycles. The van der Waals surface area contributed by atoms with E-state index in [0.29, 0.717) is 16.9 Å². The van der Waals surface area contributed by atoms with Gasteiger partial charge in [0, 0.05) is 42.0 Å². The normalized spacial score (nSPS) is 22.7. The second-order valence-corrected chi connectivity index (χ2v) is 12.7. The predicted molar refractivity (Wildman–Crippen MR) is 175 cm³/mol. The van der Waals surface area contributed by atoms with Gasteiger partial charge in [-0.1, -0.05) is 49.7 Å². The number of hydrogen-bond acceptors (Lipinski definition) is 3. The van der Waals surface area contributed by atoms with E-state index in [1.165, 1.54) is 34.6 Å². The van der Waals surface area contributed by atoms with E-state index < -0.39 is 0 Å². The Kier molecular flexibility index (Phi) is 7.56. The molecule has 6 rings (SSSR count). The third kappa shape index (κ3) is 5.13. The highest BCUT2D eigenvalue weighted by molar-refractivity contribution is 7.80. The van der Waals surface area contributed by atoms with Crippen LogP contribution in [0.5, 0.6) is 0 Å². The van der Waals surface area contributed by atoms with Crippen molar-refractivity contribution >= 4 is 40.3 Å². The van der Waals surface area contributed by atoms with Crippen molar-refractivity contribution in [3.63, 3.8) is 0 Å². The number of rotatable bonds is 5. The summed E-state index contributed by atoms with van der Waals surface area (Å²) in [7, 11) is 0. The zero-order valence-corrected chi connectivity index (χ0v) is 26.0. The van der Waals surface area contributed by atoms with E-state index >= 15 is 0 Å². The highest BCUT2D eigenvalue weighted by atomic mass is 35.5. The molecule has 5 nitrogen and oxygen atoms in total. The molecule has 2 saturated heterocycles. The fraction of sp³-hybridized carbons (Fsp3) is 0.353. The van der Waals surface area contributed by atoms with Gasteiger partial charge in [-0.15, -0.1) is 0 Å². The third-order valence-corrected chi connectivity index (χ3v) is 9.28. The van der Waals surface area contributed by atoms with Crippen molar-refractivity contribution in [2.45, 2.75) is 53.1 Å². The number of aryl methyl sites for hydroxylation is 2. The van der Waals surface area contributed by atoms with Crippen LogP contribution in [0, 0.1) is 32.6 Å². The zero-order valence-electron chi connectivity index (χ0n) is 24.4. The number of piperidine rings is 1. The maximum Gasteiger partial charge on any atom is 0.174 e. The van der Waals surface area contributed by atoms with Crippen molar-refractivity contribution in [3.8, 4) is 5.69 Å². The van der Waals surface area contributed by atoms with Crippen LogP contribution in [-0.2, 0) is 0 Å². The number of para-hydroxylation sites is 1. The summed E-state index contributed by atoms with van der Waals surface area (Å²) in [6.45, 7) is 13.3. The van der Waals surface area contributed by atoms with E-state index in [1.807, 2.05) is 18.3 Å². The molecule has 7 heteroatoms. The summed E-state index contributed by atoms with van der Waals surface area (Å²) in [5, 5.41) is 5.05. The van der Waals surface area contributed by atoms with Crippen LogP contribution in [0.3, 0.4) is 0 Å². The van der Waals surface area contributed by atoms with Crippen LogP contribution in [0.4, 0.5) is 11.4 Å². The molecule has 2 aromatic carbocycles. The number of hydrogen-bond donors (Lipinski definition) is 1. The molecule has 212 valence electrons. The molecule has 0 spiro atoms. The van der Waals surface area contributed by atoms with Gasteiger partial charge in [-0.05, 0) is 105 Å². The SMILES string of the molecule is Cc1ccccc1-n1c(C)cc([C@H]2[C@H](c3ccccn3)NC(=S)N2c2ccc(N3C[C@H](C)C[C@H](C)C3)c(Cl)c2)c1C. The lowest BCUT2D eigenvalue weighted by Gasteiger charge is -2.37. The molecule has 1 N–H and O–H groups in total. The topological polar surface area (TPSA) is 36.3 Å². The minimum atomic E-state index is -0.114. The molecule has 0 amide bonds. The van der Waals surface area contributed by atoms with E-state index in [9.17, 15) is 0 Å². The Morgan fingerprint density at radius 1 is 0.902 bits per heavy atom. The highest BCUT2D eigenvalue weighted by Gasteiger charge is 2.42. The van der Waals surface area contributed by atoms with Crippen LogP contribution in [-0.4, -0.2) is 27.8 Å². The van der Waals surface area contributed by atoms with E-state index in [4.69, 9.17) is 28.8 Å². The lowest BCUT2D eigenvalue weighted by atomic mass is 9.91. The smallest absolute Gasteiger partial charge is 0.174 e. The van der Waals surface area contributed by atoms with Crippen molar-refractivity contribution < 1.29 is 0 Å². The minimum absolute atomic E-state index is 0.0988. The molecule has 2 aromatic heterocycles. The van der Waals surface area contributed by atoms with Crippen LogP contribution in [0.15, 0.2) is 72.9 Å². The highest BCUT2D eigenvalue weighted by Crippen LogP contribution is 2.45. The first-order valence-corrected chi connectivity index (χ1v) is 15.3. The Hall–Kier alpha value is -3.35. The summed E-state index contributed by atoms with van der Waals surface area (Å²) < 4.78 is 2.36. The van der Waals surface area contributed by atoms with Crippen molar-refractivity contribution in [2.24, 2.45) is 11.8 Å². The summed E-state index contributed by atoms with van der Waals surface area (Å²) in [5.74, 6) is 1.30. The largest absolute Gasteiger partial charge is 0.370 e. The average Bonchev–Trinajstić information content (AvgIpc) is 3.43. The number of benzene rings is 2. The summed E-state index contributed by atoms with van der Waals surface area (Å²) in [6.07, 6.45) is 3.11. The van der Waals surface area contributed by atoms with Crippen LogP contribution in [0.2, 0.25) is 5.02 Å². The summed E-state index contributed by atoms with van der Waals surface area (Å²) in [5.41, 5.74) is 9.07. The monoisotopic (exact) mass is 583 g/mol. The maximum atomic E-state index is 7.04. The van der Waals surface area contributed by atoms with Gasteiger partial charge in [-0.25, -0.2) is 0 Å². The van der Waals surface area contributed by atoms with Crippen molar-refractivity contribution in [1.82, 2.24) is 14.9 Å². The fourth-order valence-electron chi connectivity index (χ4n) is 6.98. The van der Waals surface area contributed by atoms with Gasteiger partial charge in [0.15, 0.2) is 5.11 Å².